The number of carbonyl (C=O) groups is 3. The van der Waals surface area contributed by atoms with Crippen molar-refractivity contribution in [3.8, 4) is 11.5 Å². The average molecular weight is 402 g/mol. The van der Waals surface area contributed by atoms with Gasteiger partial charge in [0.2, 0.25) is 12.7 Å². The van der Waals surface area contributed by atoms with Crippen LogP contribution in [0.15, 0.2) is 18.2 Å². The van der Waals surface area contributed by atoms with Gasteiger partial charge in [0.1, 0.15) is 0 Å². The van der Waals surface area contributed by atoms with Crippen LogP contribution in [-0.2, 0) is 4.79 Å². The molecule has 0 aromatic heterocycles. The highest BCUT2D eigenvalue weighted by Crippen LogP contribution is 2.32. The lowest BCUT2D eigenvalue weighted by atomic mass is 10.1. The molecule has 0 saturated carbocycles. The molecule has 1 aromatic carbocycles. The Morgan fingerprint density at radius 1 is 0.828 bits per heavy atom. The van der Waals surface area contributed by atoms with Crippen molar-refractivity contribution in [1.82, 2.24) is 20.0 Å². The van der Waals surface area contributed by atoms with E-state index >= 15 is 0 Å². The summed E-state index contributed by atoms with van der Waals surface area (Å²) in [5.74, 6) is 0.646. The second-order valence-corrected chi connectivity index (χ2v) is 7.45. The van der Waals surface area contributed by atoms with E-state index in [0.717, 1.165) is 25.9 Å². The molecule has 0 atom stereocenters. The number of likely N-dealkylation sites (tertiary alicyclic amines) is 1. The predicted octanol–water partition coefficient (Wildman–Crippen LogP) is 0.895. The summed E-state index contributed by atoms with van der Waals surface area (Å²) in [5, 5.41) is 2.66. The summed E-state index contributed by atoms with van der Waals surface area (Å²) < 4.78 is 10.5. The van der Waals surface area contributed by atoms with Gasteiger partial charge in [-0.3, -0.25) is 9.59 Å². The Balaban J connectivity index is 1.22. The fraction of sp³-hybridized carbons (Fsp3) is 0.550. The van der Waals surface area contributed by atoms with Gasteiger partial charge in [0, 0.05) is 44.8 Å². The number of nitrogens with one attached hydrogen (secondary N) is 1. The number of ether oxygens (including phenoxy) is 2. The average Bonchev–Trinajstić information content (AvgIpc) is 3.25. The molecule has 3 aliphatic rings. The summed E-state index contributed by atoms with van der Waals surface area (Å²) >= 11 is 0. The Labute approximate surface area is 169 Å². The summed E-state index contributed by atoms with van der Waals surface area (Å²) in [6.45, 7) is 3.73. The Morgan fingerprint density at radius 2 is 1.48 bits per heavy atom. The molecule has 2 saturated heterocycles. The first kappa shape index (κ1) is 19.4. The van der Waals surface area contributed by atoms with Crippen molar-refractivity contribution in [3.63, 3.8) is 0 Å². The van der Waals surface area contributed by atoms with Gasteiger partial charge in [0.05, 0.1) is 6.54 Å². The number of rotatable bonds is 3. The Kier molecular flexibility index (Phi) is 5.73. The number of hydrogen-bond acceptors (Lipinski definition) is 5. The zero-order chi connectivity index (χ0) is 20.2. The summed E-state index contributed by atoms with van der Waals surface area (Å²) in [6.07, 6.45) is 3.31. The Morgan fingerprint density at radius 3 is 2.24 bits per heavy atom. The Bertz CT molecular complexity index is 785. The van der Waals surface area contributed by atoms with Gasteiger partial charge in [0.15, 0.2) is 11.5 Å². The molecule has 0 unspecified atom stereocenters. The number of amides is 4. The highest BCUT2D eigenvalue weighted by molar-refractivity contribution is 5.97. The van der Waals surface area contributed by atoms with Crippen LogP contribution in [0, 0.1) is 0 Å². The molecule has 0 spiro atoms. The van der Waals surface area contributed by atoms with E-state index < -0.39 is 0 Å². The number of piperazine rings is 1. The van der Waals surface area contributed by atoms with Crippen molar-refractivity contribution < 1.29 is 23.9 Å². The largest absolute Gasteiger partial charge is 0.454 e. The van der Waals surface area contributed by atoms with E-state index in [1.807, 2.05) is 9.80 Å². The van der Waals surface area contributed by atoms with Gasteiger partial charge in [-0.15, -0.1) is 0 Å². The van der Waals surface area contributed by atoms with E-state index in [1.165, 1.54) is 6.42 Å². The molecule has 1 N–H and O–H groups in total. The molecule has 1 aromatic rings. The van der Waals surface area contributed by atoms with Gasteiger partial charge in [-0.1, -0.05) is 0 Å². The monoisotopic (exact) mass is 402 g/mol. The topological polar surface area (TPSA) is 91.4 Å². The van der Waals surface area contributed by atoms with Crippen molar-refractivity contribution in [2.24, 2.45) is 0 Å². The third kappa shape index (κ3) is 4.38. The van der Waals surface area contributed by atoms with Crippen molar-refractivity contribution >= 4 is 17.8 Å². The minimum atomic E-state index is -0.337. The van der Waals surface area contributed by atoms with E-state index in [9.17, 15) is 14.4 Å². The van der Waals surface area contributed by atoms with E-state index in [1.54, 1.807) is 23.1 Å². The summed E-state index contributed by atoms with van der Waals surface area (Å²) in [5.41, 5.74) is 0.416. The summed E-state index contributed by atoms with van der Waals surface area (Å²) in [4.78, 5) is 42.7. The maximum atomic E-state index is 12.6. The second-order valence-electron chi connectivity index (χ2n) is 7.45. The molecular weight excluding hydrogens is 376 g/mol. The van der Waals surface area contributed by atoms with Crippen LogP contribution in [-0.4, -0.2) is 85.2 Å². The maximum absolute atomic E-state index is 12.6. The van der Waals surface area contributed by atoms with Crippen LogP contribution in [0.4, 0.5) is 4.79 Å². The molecule has 9 nitrogen and oxygen atoms in total. The number of nitrogens with zero attached hydrogens (tertiary/aromatic N) is 3. The number of benzene rings is 1. The minimum absolute atomic E-state index is 0.0760. The van der Waals surface area contributed by atoms with Gasteiger partial charge in [-0.05, 0) is 37.5 Å². The van der Waals surface area contributed by atoms with Crippen LogP contribution in [0.2, 0.25) is 0 Å². The lowest BCUT2D eigenvalue weighted by molar-refractivity contribution is -0.131. The van der Waals surface area contributed by atoms with Crippen LogP contribution < -0.4 is 14.8 Å². The fourth-order valence-electron chi connectivity index (χ4n) is 3.84. The predicted molar refractivity (Wildman–Crippen MR) is 104 cm³/mol. The van der Waals surface area contributed by atoms with Crippen molar-refractivity contribution in [1.29, 1.82) is 0 Å². The van der Waals surface area contributed by atoms with Crippen molar-refractivity contribution in [2.75, 3.05) is 52.6 Å². The third-order valence-electron chi connectivity index (χ3n) is 5.56. The van der Waals surface area contributed by atoms with E-state index in [2.05, 4.69) is 5.32 Å². The Hall–Kier alpha value is -2.97. The van der Waals surface area contributed by atoms with Crippen LogP contribution in [0.25, 0.3) is 0 Å². The quantitative estimate of drug-likeness (QED) is 0.811. The molecular formula is C20H26N4O5. The summed E-state index contributed by atoms with van der Waals surface area (Å²) in [7, 11) is 0. The van der Waals surface area contributed by atoms with Gasteiger partial charge in [-0.2, -0.15) is 0 Å². The molecule has 9 heteroatoms. The maximum Gasteiger partial charge on any atom is 0.320 e. The fourth-order valence-corrected chi connectivity index (χ4v) is 3.84. The molecule has 4 rings (SSSR count). The highest BCUT2D eigenvalue weighted by atomic mass is 16.7. The first-order valence-corrected chi connectivity index (χ1v) is 10.1. The molecule has 3 heterocycles. The van der Waals surface area contributed by atoms with Crippen LogP contribution in [0.1, 0.15) is 29.6 Å². The van der Waals surface area contributed by atoms with Gasteiger partial charge in [0.25, 0.3) is 5.91 Å². The molecule has 3 aliphatic heterocycles. The van der Waals surface area contributed by atoms with Crippen molar-refractivity contribution in [2.45, 2.75) is 19.3 Å². The standard InChI is InChI=1S/C20H26N4O5/c25-18(13-21-19(26)15-4-5-16-17(12-15)29-14-28-16)22-8-10-24(11-9-22)20(27)23-6-2-1-3-7-23/h4-5,12H,1-3,6-11,13-14H2,(H,21,26). The zero-order valence-corrected chi connectivity index (χ0v) is 16.4. The minimum Gasteiger partial charge on any atom is -0.454 e. The smallest absolute Gasteiger partial charge is 0.320 e. The van der Waals surface area contributed by atoms with Gasteiger partial charge in [-0.25, -0.2) is 4.79 Å². The normalized spacial score (nSPS) is 18.6. The highest BCUT2D eigenvalue weighted by Gasteiger charge is 2.28. The first-order valence-electron chi connectivity index (χ1n) is 10.1. The molecule has 29 heavy (non-hydrogen) atoms. The molecule has 0 bridgehead atoms. The molecule has 0 aliphatic carbocycles. The molecule has 156 valence electrons. The SMILES string of the molecule is O=C(NCC(=O)N1CCN(C(=O)N2CCCCC2)CC1)c1ccc2c(c1)OCO2. The third-order valence-corrected chi connectivity index (χ3v) is 5.56. The van der Waals surface area contributed by atoms with E-state index in [0.29, 0.717) is 43.2 Å². The zero-order valence-electron chi connectivity index (χ0n) is 16.4. The molecule has 4 amide bonds. The van der Waals surface area contributed by atoms with Crippen molar-refractivity contribution in [3.05, 3.63) is 23.8 Å². The van der Waals surface area contributed by atoms with Crippen LogP contribution in [0.3, 0.4) is 0 Å². The first-order chi connectivity index (χ1) is 14.1. The number of carbonyl (C=O) groups excluding carboxylic acids is 3. The van der Waals surface area contributed by atoms with Crippen LogP contribution >= 0.6 is 0 Å². The van der Waals surface area contributed by atoms with E-state index in [-0.39, 0.29) is 31.2 Å². The number of hydrogen-bond donors (Lipinski definition) is 1. The van der Waals surface area contributed by atoms with Gasteiger partial charge >= 0.3 is 6.03 Å². The number of piperidine rings is 1. The lowest BCUT2D eigenvalue weighted by Gasteiger charge is -2.38. The van der Waals surface area contributed by atoms with Gasteiger partial charge < -0.3 is 29.5 Å². The summed E-state index contributed by atoms with van der Waals surface area (Å²) in [6, 6.07) is 5.00. The molecule has 2 fully saturated rings. The second kappa shape index (κ2) is 8.59. The molecule has 0 radical (unpaired) electrons. The lowest BCUT2D eigenvalue weighted by Crippen LogP contribution is -2.55. The number of urea groups is 1. The van der Waals surface area contributed by atoms with Crippen LogP contribution in [0.5, 0.6) is 11.5 Å². The van der Waals surface area contributed by atoms with E-state index in [4.69, 9.17) is 9.47 Å². The number of fused-ring (bicyclic) bond motifs is 1.